The molecule has 1 N–H and O–H groups in total. The van der Waals surface area contributed by atoms with Crippen molar-refractivity contribution in [2.24, 2.45) is 0 Å². The number of sulfonamides is 1. The number of hydrogen-bond acceptors (Lipinski definition) is 6. The Morgan fingerprint density at radius 1 is 1.19 bits per heavy atom. The molecule has 0 bridgehead atoms. The molecule has 0 aliphatic heterocycles. The molecule has 0 radical (unpaired) electrons. The SMILES string of the molecule is CCN(CC)S(=O)(=O)c1cccc(NC(=O)COC(=O)c2ccoc2C)c1. The molecule has 1 heterocycles. The van der Waals surface area contributed by atoms with Gasteiger partial charge in [-0.25, -0.2) is 13.2 Å². The molecule has 0 spiro atoms. The molecule has 8 nitrogen and oxygen atoms in total. The molecule has 2 rings (SSSR count). The highest BCUT2D eigenvalue weighted by molar-refractivity contribution is 7.89. The number of nitrogens with zero attached hydrogens (tertiary/aromatic N) is 1. The molecular formula is C18H22N2O6S. The smallest absolute Gasteiger partial charge is 0.342 e. The van der Waals surface area contributed by atoms with Crippen LogP contribution in [0.4, 0.5) is 5.69 Å². The molecule has 1 aromatic heterocycles. The van der Waals surface area contributed by atoms with Crippen LogP contribution in [0.3, 0.4) is 0 Å². The fourth-order valence-corrected chi connectivity index (χ4v) is 3.95. The summed E-state index contributed by atoms with van der Waals surface area (Å²) < 4.78 is 36.4. The molecule has 0 unspecified atom stereocenters. The Morgan fingerprint density at radius 2 is 1.89 bits per heavy atom. The Morgan fingerprint density at radius 3 is 2.48 bits per heavy atom. The summed E-state index contributed by atoms with van der Waals surface area (Å²) in [6.07, 6.45) is 1.35. The van der Waals surface area contributed by atoms with E-state index in [4.69, 9.17) is 9.15 Å². The largest absolute Gasteiger partial charge is 0.469 e. The van der Waals surface area contributed by atoms with Crippen LogP contribution in [0.2, 0.25) is 0 Å². The quantitative estimate of drug-likeness (QED) is 0.689. The number of ether oxygens (including phenoxy) is 1. The van der Waals surface area contributed by atoms with Crippen molar-refractivity contribution in [2.45, 2.75) is 25.7 Å². The Kier molecular flexibility index (Phi) is 6.75. The predicted octanol–water partition coefficient (Wildman–Crippen LogP) is 2.41. The van der Waals surface area contributed by atoms with E-state index in [2.05, 4.69) is 5.32 Å². The average molecular weight is 394 g/mol. The van der Waals surface area contributed by atoms with Gasteiger partial charge in [0.2, 0.25) is 10.0 Å². The third-order valence-electron chi connectivity index (χ3n) is 3.87. The van der Waals surface area contributed by atoms with Crippen LogP contribution in [-0.2, 0) is 19.6 Å². The van der Waals surface area contributed by atoms with Crippen molar-refractivity contribution in [1.82, 2.24) is 4.31 Å². The number of anilines is 1. The van der Waals surface area contributed by atoms with Crippen LogP contribution in [0.5, 0.6) is 0 Å². The molecule has 27 heavy (non-hydrogen) atoms. The van der Waals surface area contributed by atoms with Gasteiger partial charge in [0, 0.05) is 18.8 Å². The molecule has 0 fully saturated rings. The average Bonchev–Trinajstić information content (AvgIpc) is 3.07. The van der Waals surface area contributed by atoms with E-state index in [1.54, 1.807) is 26.8 Å². The first kappa shape index (κ1) is 20.7. The molecule has 0 atom stereocenters. The maximum atomic E-state index is 12.5. The van der Waals surface area contributed by atoms with Gasteiger partial charge >= 0.3 is 5.97 Å². The zero-order chi connectivity index (χ0) is 20.0. The summed E-state index contributed by atoms with van der Waals surface area (Å²) in [5.41, 5.74) is 0.541. The minimum atomic E-state index is -3.63. The number of furan rings is 1. The number of carbonyl (C=O) groups excluding carboxylic acids is 2. The maximum Gasteiger partial charge on any atom is 0.342 e. The van der Waals surface area contributed by atoms with Crippen LogP contribution in [0, 0.1) is 6.92 Å². The summed E-state index contributed by atoms with van der Waals surface area (Å²) >= 11 is 0. The lowest BCUT2D eigenvalue weighted by Crippen LogP contribution is -2.30. The zero-order valence-corrected chi connectivity index (χ0v) is 16.2. The van der Waals surface area contributed by atoms with Crippen molar-refractivity contribution in [3.05, 3.63) is 47.9 Å². The summed E-state index contributed by atoms with van der Waals surface area (Å²) in [7, 11) is -3.63. The van der Waals surface area contributed by atoms with Gasteiger partial charge < -0.3 is 14.5 Å². The summed E-state index contributed by atoms with van der Waals surface area (Å²) in [6.45, 7) is 5.30. The van der Waals surface area contributed by atoms with E-state index < -0.39 is 28.5 Å². The first-order chi connectivity index (χ1) is 12.8. The molecule has 0 saturated heterocycles. The summed E-state index contributed by atoms with van der Waals surface area (Å²) in [5, 5.41) is 2.52. The van der Waals surface area contributed by atoms with Crippen LogP contribution in [0.15, 0.2) is 45.9 Å². The van der Waals surface area contributed by atoms with Gasteiger partial charge in [0.05, 0.1) is 11.2 Å². The fraction of sp³-hybridized carbons (Fsp3) is 0.333. The van der Waals surface area contributed by atoms with E-state index in [9.17, 15) is 18.0 Å². The molecule has 0 aliphatic rings. The van der Waals surface area contributed by atoms with E-state index >= 15 is 0 Å². The normalized spacial score (nSPS) is 11.4. The van der Waals surface area contributed by atoms with Gasteiger partial charge in [-0.1, -0.05) is 19.9 Å². The van der Waals surface area contributed by atoms with Crippen LogP contribution < -0.4 is 5.32 Å². The van der Waals surface area contributed by atoms with Crippen LogP contribution >= 0.6 is 0 Å². The first-order valence-electron chi connectivity index (χ1n) is 8.40. The lowest BCUT2D eigenvalue weighted by Gasteiger charge is -2.18. The topological polar surface area (TPSA) is 106 Å². The maximum absolute atomic E-state index is 12.5. The first-order valence-corrected chi connectivity index (χ1v) is 9.84. The molecule has 146 valence electrons. The molecule has 1 aromatic carbocycles. The van der Waals surface area contributed by atoms with Gasteiger partial charge in [-0.15, -0.1) is 0 Å². The minimum Gasteiger partial charge on any atom is -0.469 e. The van der Waals surface area contributed by atoms with Crippen molar-refractivity contribution in [2.75, 3.05) is 25.0 Å². The lowest BCUT2D eigenvalue weighted by atomic mass is 10.3. The predicted molar refractivity (Wildman–Crippen MR) is 98.9 cm³/mol. The Labute approximate surface area is 158 Å². The number of hydrogen-bond donors (Lipinski definition) is 1. The standard InChI is InChI=1S/C18H22N2O6S/c1-4-20(5-2)27(23,24)15-8-6-7-14(11-15)19-17(21)12-26-18(22)16-9-10-25-13(16)3/h6-11H,4-5,12H2,1-3H3,(H,19,21). The Bertz CT molecular complexity index is 915. The van der Waals surface area contributed by atoms with E-state index in [1.807, 2.05) is 0 Å². The van der Waals surface area contributed by atoms with Gasteiger partial charge in [-0.2, -0.15) is 4.31 Å². The van der Waals surface area contributed by atoms with Gasteiger partial charge in [0.15, 0.2) is 6.61 Å². The van der Waals surface area contributed by atoms with Crippen LogP contribution in [0.25, 0.3) is 0 Å². The fourth-order valence-electron chi connectivity index (χ4n) is 2.45. The highest BCUT2D eigenvalue weighted by atomic mass is 32.2. The number of amides is 1. The highest BCUT2D eigenvalue weighted by Crippen LogP contribution is 2.19. The van der Waals surface area contributed by atoms with Gasteiger partial charge in [-0.3, -0.25) is 4.79 Å². The van der Waals surface area contributed by atoms with Gasteiger partial charge in [-0.05, 0) is 31.2 Å². The monoisotopic (exact) mass is 394 g/mol. The Balaban J connectivity index is 2.02. The van der Waals surface area contributed by atoms with Crippen LogP contribution in [0.1, 0.15) is 30.0 Å². The third kappa shape index (κ3) is 4.95. The molecule has 1 amide bonds. The molecule has 0 aliphatic carbocycles. The van der Waals surface area contributed by atoms with Crippen molar-refractivity contribution in [3.8, 4) is 0 Å². The number of nitrogens with one attached hydrogen (secondary N) is 1. The summed E-state index contributed by atoms with van der Waals surface area (Å²) in [4.78, 5) is 23.9. The van der Waals surface area contributed by atoms with E-state index in [1.165, 1.54) is 34.8 Å². The van der Waals surface area contributed by atoms with Gasteiger partial charge in [0.1, 0.15) is 11.3 Å². The number of carbonyl (C=O) groups is 2. The third-order valence-corrected chi connectivity index (χ3v) is 5.92. The number of rotatable bonds is 8. The second-order valence-electron chi connectivity index (χ2n) is 5.63. The summed E-state index contributed by atoms with van der Waals surface area (Å²) in [5.74, 6) is -0.856. The highest BCUT2D eigenvalue weighted by Gasteiger charge is 2.22. The van der Waals surface area contributed by atoms with E-state index in [-0.39, 0.29) is 10.5 Å². The number of aryl methyl sites for hydroxylation is 1. The molecule has 2 aromatic rings. The summed E-state index contributed by atoms with van der Waals surface area (Å²) in [6, 6.07) is 7.38. The second kappa shape index (κ2) is 8.83. The van der Waals surface area contributed by atoms with Crippen LogP contribution in [-0.4, -0.2) is 44.3 Å². The zero-order valence-electron chi connectivity index (χ0n) is 15.4. The van der Waals surface area contributed by atoms with E-state index in [0.717, 1.165) is 0 Å². The van der Waals surface area contributed by atoms with Crippen molar-refractivity contribution >= 4 is 27.6 Å². The minimum absolute atomic E-state index is 0.0787. The van der Waals surface area contributed by atoms with Crippen molar-refractivity contribution in [1.29, 1.82) is 0 Å². The molecule has 9 heteroatoms. The van der Waals surface area contributed by atoms with Gasteiger partial charge in [0.25, 0.3) is 5.91 Å². The Hall–Kier alpha value is -2.65. The molecule has 0 saturated carbocycles. The number of esters is 1. The second-order valence-corrected chi connectivity index (χ2v) is 7.57. The molecular weight excluding hydrogens is 372 g/mol. The lowest BCUT2D eigenvalue weighted by molar-refractivity contribution is -0.119. The number of benzene rings is 1. The van der Waals surface area contributed by atoms with Crippen molar-refractivity contribution in [3.63, 3.8) is 0 Å². The van der Waals surface area contributed by atoms with E-state index in [0.29, 0.717) is 24.5 Å². The van der Waals surface area contributed by atoms with Crippen molar-refractivity contribution < 1.29 is 27.2 Å².